The van der Waals surface area contributed by atoms with Crippen molar-refractivity contribution in [2.45, 2.75) is 38.8 Å². The number of nitrogens with one attached hydrogen (secondary N) is 3. The van der Waals surface area contributed by atoms with Crippen molar-refractivity contribution >= 4 is 29.8 Å². The second kappa shape index (κ2) is 11.3. The Kier molecular flexibility index (Phi) is 10.2. The Hall–Kier alpha value is -2.29. The number of Topliss-reactive ketones (excluding diaryl/α,β-unsaturated/α-hetero) is 1. The van der Waals surface area contributed by atoms with Crippen molar-refractivity contribution in [1.82, 2.24) is 15.5 Å². The molecular weight excluding hydrogens is 316 g/mol. The van der Waals surface area contributed by atoms with E-state index in [1.807, 2.05) is 0 Å². The average molecular weight is 342 g/mol. The van der Waals surface area contributed by atoms with Gasteiger partial charge in [0.25, 0.3) is 0 Å². The monoisotopic (exact) mass is 342 g/mol. The maximum Gasteiger partial charge on any atom is 0.328 e. The number of hydrogen-bond acceptors (Lipinski definition) is 7. The molecule has 0 aliphatic carbocycles. The predicted molar refractivity (Wildman–Crippen MR) is 87.7 cm³/mol. The lowest BCUT2D eigenvalue weighted by molar-refractivity contribution is -0.151. The van der Waals surface area contributed by atoms with Crippen LogP contribution in [-0.2, 0) is 23.9 Å². The number of esters is 1. The molecule has 0 bridgehead atoms. The first kappa shape index (κ1) is 21.7. The van der Waals surface area contributed by atoms with E-state index in [0.717, 1.165) is 0 Å². The quantitative estimate of drug-likeness (QED) is 0.330. The largest absolute Gasteiger partial charge is 0.461 e. The number of rotatable bonds is 11. The second-order valence-corrected chi connectivity index (χ2v) is 5.77. The summed E-state index contributed by atoms with van der Waals surface area (Å²) < 4.78 is 5.04. The van der Waals surface area contributed by atoms with Gasteiger partial charge in [0, 0.05) is 6.42 Å². The Morgan fingerprint density at radius 1 is 1.17 bits per heavy atom. The fraction of sp³-hybridized carbons (Fsp3) is 0.667. The van der Waals surface area contributed by atoms with Crippen molar-refractivity contribution in [3.05, 3.63) is 0 Å². The van der Waals surface area contributed by atoms with Gasteiger partial charge < -0.3 is 25.7 Å². The molecule has 0 saturated carbocycles. The number of nitrogens with zero attached hydrogens (tertiary/aromatic N) is 1. The van der Waals surface area contributed by atoms with Crippen LogP contribution >= 0.6 is 0 Å². The highest BCUT2D eigenvalue weighted by Crippen LogP contribution is 2.03. The van der Waals surface area contributed by atoms with E-state index in [1.165, 1.54) is 0 Å². The minimum absolute atomic E-state index is 0.0250. The van der Waals surface area contributed by atoms with Crippen LogP contribution in [0.15, 0.2) is 0 Å². The summed E-state index contributed by atoms with van der Waals surface area (Å²) in [6, 6.07) is -1.01. The third kappa shape index (κ3) is 10.4. The molecule has 0 fully saturated rings. The highest BCUT2D eigenvalue weighted by atomic mass is 16.5. The lowest BCUT2D eigenvalue weighted by atomic mass is 10.1. The van der Waals surface area contributed by atoms with Gasteiger partial charge in [-0.2, -0.15) is 0 Å². The van der Waals surface area contributed by atoms with Crippen LogP contribution in [0.5, 0.6) is 0 Å². The van der Waals surface area contributed by atoms with E-state index in [-0.39, 0.29) is 37.9 Å². The lowest BCUT2D eigenvalue weighted by Gasteiger charge is -2.19. The van der Waals surface area contributed by atoms with Crippen LogP contribution in [0.3, 0.4) is 0 Å². The topological polar surface area (TPSA) is 129 Å². The highest BCUT2D eigenvalue weighted by molar-refractivity contribution is 6.26. The Labute approximate surface area is 141 Å². The molecule has 1 atom stereocenters. The Morgan fingerprint density at radius 2 is 1.79 bits per heavy atom. The van der Waals surface area contributed by atoms with E-state index in [9.17, 15) is 19.2 Å². The summed E-state index contributed by atoms with van der Waals surface area (Å²) in [6.07, 6.45) is 0.259. The summed E-state index contributed by atoms with van der Waals surface area (Å²) in [5.74, 6) is -1.99. The van der Waals surface area contributed by atoms with E-state index < -0.39 is 23.7 Å². The van der Waals surface area contributed by atoms with Gasteiger partial charge in [0.1, 0.15) is 6.04 Å². The summed E-state index contributed by atoms with van der Waals surface area (Å²) in [4.78, 5) is 48.2. The molecule has 9 nitrogen and oxygen atoms in total. The molecule has 0 aromatic rings. The zero-order chi connectivity index (χ0) is 18.7. The molecule has 2 amide bonds. The molecule has 0 aliphatic rings. The van der Waals surface area contributed by atoms with Crippen molar-refractivity contribution in [3.63, 3.8) is 0 Å². The second-order valence-electron chi connectivity index (χ2n) is 5.77. The molecule has 0 heterocycles. The van der Waals surface area contributed by atoms with E-state index in [4.69, 9.17) is 10.1 Å². The summed E-state index contributed by atoms with van der Waals surface area (Å²) in [5, 5.41) is 11.7. The van der Waals surface area contributed by atoms with Gasteiger partial charge in [-0.15, -0.1) is 0 Å². The smallest absolute Gasteiger partial charge is 0.328 e. The minimum Gasteiger partial charge on any atom is -0.461 e. The Balaban J connectivity index is 4.58. The third-order valence-corrected chi connectivity index (χ3v) is 2.72. The molecule has 0 rings (SSSR count). The first-order valence-electron chi connectivity index (χ1n) is 7.60. The first-order chi connectivity index (χ1) is 11.1. The Bertz CT molecular complexity index is 476. The summed E-state index contributed by atoms with van der Waals surface area (Å²) >= 11 is 0. The number of carbonyl (C=O) groups excluding carboxylic acids is 4. The highest BCUT2D eigenvalue weighted by Gasteiger charge is 2.24. The number of amides is 2. The number of ether oxygens (including phenoxy) is 1. The Morgan fingerprint density at radius 3 is 2.29 bits per heavy atom. The molecule has 0 saturated heterocycles. The summed E-state index contributed by atoms with van der Waals surface area (Å²) in [6.45, 7) is 3.19. The van der Waals surface area contributed by atoms with Crippen LogP contribution in [0.1, 0.15) is 26.7 Å². The van der Waals surface area contributed by atoms with Gasteiger partial charge in [0.05, 0.1) is 25.4 Å². The van der Waals surface area contributed by atoms with Crippen molar-refractivity contribution in [2.24, 2.45) is 0 Å². The summed E-state index contributed by atoms with van der Waals surface area (Å²) in [5.41, 5.74) is 0. The van der Waals surface area contributed by atoms with Gasteiger partial charge in [0.15, 0.2) is 5.78 Å². The van der Waals surface area contributed by atoms with Crippen LogP contribution in [0.4, 0.5) is 0 Å². The standard InChI is InChI=1S/C15H26N4O5/c1-10(2)24-15(23)12(6-5-11(20)7-16)18-13(21)8-17-14(22)9-19(3)4/h7,10,12,16H,5-6,8-9H2,1-4H3,(H,17,22)(H,18,21). The number of carbonyl (C=O) groups is 4. The number of likely N-dealkylation sites (N-methyl/N-ethyl adjacent to an activating group) is 1. The third-order valence-electron chi connectivity index (χ3n) is 2.72. The fourth-order valence-corrected chi connectivity index (χ4v) is 1.69. The molecule has 3 N–H and O–H groups in total. The molecule has 0 aromatic heterocycles. The molecule has 0 aromatic carbocycles. The molecular formula is C15H26N4O5. The van der Waals surface area contributed by atoms with Crippen LogP contribution in [0.2, 0.25) is 0 Å². The molecule has 24 heavy (non-hydrogen) atoms. The van der Waals surface area contributed by atoms with E-state index in [2.05, 4.69) is 10.6 Å². The van der Waals surface area contributed by atoms with E-state index in [0.29, 0.717) is 6.21 Å². The maximum absolute atomic E-state index is 12.0. The van der Waals surface area contributed by atoms with Crippen LogP contribution in [0.25, 0.3) is 0 Å². The van der Waals surface area contributed by atoms with Crippen LogP contribution < -0.4 is 10.6 Å². The van der Waals surface area contributed by atoms with Crippen molar-refractivity contribution < 1.29 is 23.9 Å². The molecule has 136 valence electrons. The molecule has 0 radical (unpaired) electrons. The number of hydrogen-bond donors (Lipinski definition) is 3. The maximum atomic E-state index is 12.0. The van der Waals surface area contributed by atoms with Gasteiger partial charge in [-0.1, -0.05) is 0 Å². The molecule has 9 heteroatoms. The summed E-state index contributed by atoms with van der Waals surface area (Å²) in [7, 11) is 3.44. The zero-order valence-corrected chi connectivity index (χ0v) is 14.5. The first-order valence-corrected chi connectivity index (χ1v) is 7.60. The van der Waals surface area contributed by atoms with Gasteiger partial charge in [-0.3, -0.25) is 14.4 Å². The van der Waals surface area contributed by atoms with Gasteiger partial charge in [-0.05, 0) is 34.4 Å². The normalized spacial score (nSPS) is 11.8. The van der Waals surface area contributed by atoms with Crippen molar-refractivity contribution in [2.75, 3.05) is 27.2 Å². The molecule has 1 unspecified atom stereocenters. The molecule has 0 aliphatic heterocycles. The molecule has 0 spiro atoms. The minimum atomic E-state index is -1.01. The van der Waals surface area contributed by atoms with E-state index >= 15 is 0 Å². The van der Waals surface area contributed by atoms with Gasteiger partial charge in [-0.25, -0.2) is 4.79 Å². The van der Waals surface area contributed by atoms with Crippen molar-refractivity contribution in [1.29, 1.82) is 5.41 Å². The zero-order valence-electron chi connectivity index (χ0n) is 14.5. The van der Waals surface area contributed by atoms with Crippen LogP contribution in [0, 0.1) is 5.41 Å². The number of ketones is 1. The van der Waals surface area contributed by atoms with Gasteiger partial charge >= 0.3 is 5.97 Å². The van der Waals surface area contributed by atoms with Crippen LogP contribution in [-0.4, -0.2) is 74.0 Å². The van der Waals surface area contributed by atoms with E-state index in [1.54, 1.807) is 32.8 Å². The SMILES string of the molecule is CC(C)OC(=O)C(CCC(=O)C=N)NC(=O)CNC(=O)CN(C)C. The average Bonchev–Trinajstić information content (AvgIpc) is 2.47. The lowest BCUT2D eigenvalue weighted by Crippen LogP contribution is -2.47. The van der Waals surface area contributed by atoms with Crippen molar-refractivity contribution in [3.8, 4) is 0 Å². The van der Waals surface area contributed by atoms with Gasteiger partial charge in [0.2, 0.25) is 11.8 Å². The fourth-order valence-electron chi connectivity index (χ4n) is 1.69. The predicted octanol–water partition coefficient (Wildman–Crippen LogP) is -0.901.